The number of anilines is 1. The van der Waals surface area contributed by atoms with Crippen LogP contribution in [-0.4, -0.2) is 36.3 Å². The molecule has 2 heterocycles. The summed E-state index contributed by atoms with van der Waals surface area (Å²) < 4.78 is 11.4. The van der Waals surface area contributed by atoms with Crippen LogP contribution >= 0.6 is 11.8 Å². The summed E-state index contributed by atoms with van der Waals surface area (Å²) in [6.07, 6.45) is 5.12. The first-order valence-electron chi connectivity index (χ1n) is 12.4. The van der Waals surface area contributed by atoms with Gasteiger partial charge in [0.1, 0.15) is 18.1 Å². The fraction of sp³-hybridized carbons (Fsp3) is 0.129. The van der Waals surface area contributed by atoms with Gasteiger partial charge in [0, 0.05) is 19.8 Å². The summed E-state index contributed by atoms with van der Waals surface area (Å²) in [6.45, 7) is 0.754. The predicted molar refractivity (Wildman–Crippen MR) is 158 cm³/mol. The number of carbonyl (C=O) groups excluding carboxylic acids is 1. The van der Waals surface area contributed by atoms with E-state index in [1.165, 1.54) is 11.8 Å². The van der Waals surface area contributed by atoms with Gasteiger partial charge in [-0.1, -0.05) is 54.6 Å². The van der Waals surface area contributed by atoms with Crippen LogP contribution in [0.4, 0.5) is 5.69 Å². The number of hydrogen-bond acceptors (Lipinski definition) is 7. The van der Waals surface area contributed by atoms with Gasteiger partial charge in [0.2, 0.25) is 0 Å². The van der Waals surface area contributed by atoms with Crippen LogP contribution in [0.25, 0.3) is 6.08 Å². The molecule has 0 radical (unpaired) electrons. The largest absolute Gasteiger partial charge is 0.489 e. The van der Waals surface area contributed by atoms with Gasteiger partial charge in [-0.15, -0.1) is 5.10 Å². The average Bonchev–Trinajstić information content (AvgIpc) is 3.57. The topological polar surface area (TPSA) is 70.6 Å². The first-order chi connectivity index (χ1) is 19.0. The second kappa shape index (κ2) is 12.3. The van der Waals surface area contributed by atoms with Gasteiger partial charge >= 0.3 is 0 Å². The summed E-state index contributed by atoms with van der Waals surface area (Å²) in [5.41, 5.74) is 3.97. The number of hydrogen-bond donors (Lipinski definition) is 0. The molecule has 39 heavy (non-hydrogen) atoms. The van der Waals surface area contributed by atoms with E-state index in [-0.39, 0.29) is 12.5 Å². The summed E-state index contributed by atoms with van der Waals surface area (Å²) in [4.78, 5) is 17.5. The van der Waals surface area contributed by atoms with Crippen LogP contribution in [0.5, 0.6) is 5.75 Å². The highest BCUT2D eigenvalue weighted by atomic mass is 32.2. The molecule has 0 atom stereocenters. The van der Waals surface area contributed by atoms with Gasteiger partial charge in [-0.25, -0.2) is 0 Å². The van der Waals surface area contributed by atoms with Crippen molar-refractivity contribution < 1.29 is 13.9 Å². The Morgan fingerprint density at radius 2 is 1.77 bits per heavy atom. The van der Waals surface area contributed by atoms with Crippen molar-refractivity contribution in [3.8, 4) is 5.75 Å². The number of amides is 1. The number of amidine groups is 1. The Bertz CT molecular complexity index is 1490. The third-order valence-corrected chi connectivity index (χ3v) is 6.94. The molecule has 0 saturated carbocycles. The summed E-state index contributed by atoms with van der Waals surface area (Å²) in [6, 6.07) is 29.3. The van der Waals surface area contributed by atoms with E-state index < -0.39 is 0 Å². The minimum atomic E-state index is -0.140. The molecule has 1 amide bonds. The van der Waals surface area contributed by atoms with E-state index >= 15 is 0 Å². The fourth-order valence-corrected chi connectivity index (χ4v) is 4.81. The third kappa shape index (κ3) is 6.86. The maximum Gasteiger partial charge on any atom is 0.267 e. The summed E-state index contributed by atoms with van der Waals surface area (Å²) in [5.74, 6) is 1.27. The normalized spacial score (nSPS) is 15.5. The summed E-state index contributed by atoms with van der Waals surface area (Å²) in [7, 11) is 3.99. The molecule has 1 aromatic heterocycles. The van der Waals surface area contributed by atoms with Gasteiger partial charge in [0.25, 0.3) is 5.91 Å². The van der Waals surface area contributed by atoms with Gasteiger partial charge in [0.15, 0.2) is 5.17 Å². The first-order valence-corrected chi connectivity index (χ1v) is 13.3. The molecular weight excluding hydrogens is 508 g/mol. The van der Waals surface area contributed by atoms with Crippen molar-refractivity contribution in [2.45, 2.75) is 13.2 Å². The highest BCUT2D eigenvalue weighted by molar-refractivity contribution is 8.18. The highest BCUT2D eigenvalue weighted by Gasteiger charge is 2.34. The van der Waals surface area contributed by atoms with Gasteiger partial charge in [-0.3, -0.25) is 9.69 Å². The Balaban J connectivity index is 1.33. The van der Waals surface area contributed by atoms with Crippen LogP contribution in [0, 0.1) is 0 Å². The van der Waals surface area contributed by atoms with Crippen molar-refractivity contribution in [2.75, 3.05) is 19.0 Å². The lowest BCUT2D eigenvalue weighted by Crippen LogP contribution is -2.28. The number of benzene rings is 3. The van der Waals surface area contributed by atoms with Crippen molar-refractivity contribution in [2.24, 2.45) is 10.2 Å². The quantitative estimate of drug-likeness (QED) is 0.140. The first kappa shape index (κ1) is 26.1. The van der Waals surface area contributed by atoms with Gasteiger partial charge in [-0.05, 0) is 70.9 Å². The molecule has 4 aromatic rings. The maximum atomic E-state index is 13.3. The number of furan rings is 1. The second-order valence-corrected chi connectivity index (χ2v) is 10.1. The van der Waals surface area contributed by atoms with Crippen molar-refractivity contribution in [3.63, 3.8) is 0 Å². The molecule has 1 fully saturated rings. The number of nitrogens with zero attached hydrogens (tertiary/aromatic N) is 4. The maximum absolute atomic E-state index is 13.3. The van der Waals surface area contributed by atoms with Gasteiger partial charge < -0.3 is 14.1 Å². The van der Waals surface area contributed by atoms with E-state index in [4.69, 9.17) is 9.15 Å². The second-order valence-electron chi connectivity index (χ2n) is 9.04. The number of thioether (sulfide) groups is 1. The van der Waals surface area contributed by atoms with Crippen LogP contribution in [-0.2, 0) is 17.9 Å². The monoisotopic (exact) mass is 536 g/mol. The van der Waals surface area contributed by atoms with Crippen LogP contribution in [0.3, 0.4) is 0 Å². The lowest BCUT2D eigenvalue weighted by Gasteiger charge is -2.12. The Kier molecular flexibility index (Phi) is 8.23. The van der Waals surface area contributed by atoms with Gasteiger partial charge in [0.05, 0.1) is 23.9 Å². The molecule has 1 saturated heterocycles. The van der Waals surface area contributed by atoms with Crippen molar-refractivity contribution in [1.29, 1.82) is 0 Å². The number of ether oxygens (including phenoxy) is 1. The molecule has 7 nitrogen and oxygen atoms in total. The number of rotatable bonds is 9. The minimum absolute atomic E-state index is 0.140. The standard InChI is InChI=1S/C31H28N4O3S/c1-34(2)26-15-13-23(14-16-26)19-29-30(36)35(21-28-12-7-17-37-28)31(39-29)33-32-20-25-10-6-11-27(18-25)38-22-24-8-4-3-5-9-24/h3-20H,21-22H2,1-2H3/b29-19-,32-20-,33-31+. The van der Waals surface area contributed by atoms with E-state index in [9.17, 15) is 4.79 Å². The predicted octanol–water partition coefficient (Wildman–Crippen LogP) is 6.43. The van der Waals surface area contributed by atoms with Crippen molar-refractivity contribution in [1.82, 2.24) is 4.90 Å². The van der Waals surface area contributed by atoms with Crippen LogP contribution in [0.1, 0.15) is 22.5 Å². The van der Waals surface area contributed by atoms with Crippen LogP contribution < -0.4 is 9.64 Å². The Morgan fingerprint density at radius 1 is 0.949 bits per heavy atom. The van der Waals surface area contributed by atoms with Crippen LogP contribution in [0.15, 0.2) is 117 Å². The smallest absolute Gasteiger partial charge is 0.267 e. The molecule has 0 spiro atoms. The molecule has 0 bridgehead atoms. The lowest BCUT2D eigenvalue weighted by atomic mass is 10.2. The molecule has 0 aliphatic carbocycles. The van der Waals surface area contributed by atoms with Crippen molar-refractivity contribution >= 4 is 40.8 Å². The zero-order chi connectivity index (χ0) is 27.0. The molecule has 196 valence electrons. The molecule has 0 N–H and O–H groups in total. The molecule has 8 heteroatoms. The summed E-state index contributed by atoms with van der Waals surface area (Å²) >= 11 is 1.30. The van der Waals surface area contributed by atoms with E-state index in [0.29, 0.717) is 22.4 Å². The zero-order valence-electron chi connectivity index (χ0n) is 21.7. The van der Waals surface area contributed by atoms with Crippen molar-refractivity contribution in [3.05, 3.63) is 125 Å². The highest BCUT2D eigenvalue weighted by Crippen LogP contribution is 2.34. The molecule has 1 aliphatic rings. The lowest BCUT2D eigenvalue weighted by molar-refractivity contribution is -0.122. The summed E-state index contributed by atoms with van der Waals surface area (Å²) in [5, 5.41) is 9.19. The Labute approximate surface area is 232 Å². The van der Waals surface area contributed by atoms with Gasteiger partial charge in [-0.2, -0.15) is 5.10 Å². The van der Waals surface area contributed by atoms with Crippen LogP contribution in [0.2, 0.25) is 0 Å². The molecule has 3 aromatic carbocycles. The number of carbonyl (C=O) groups is 1. The van der Waals surface area contributed by atoms with E-state index in [1.54, 1.807) is 23.4 Å². The molecule has 1 aliphatic heterocycles. The third-order valence-electron chi connectivity index (χ3n) is 5.95. The Morgan fingerprint density at radius 3 is 2.51 bits per heavy atom. The molecular formula is C31H28N4O3S. The minimum Gasteiger partial charge on any atom is -0.489 e. The van der Waals surface area contributed by atoms with E-state index in [2.05, 4.69) is 10.2 Å². The molecule has 0 unspecified atom stereocenters. The average molecular weight is 537 g/mol. The van der Waals surface area contributed by atoms with E-state index in [1.807, 2.05) is 110 Å². The SMILES string of the molecule is CN(C)c1ccc(/C=C2\S/C(=N/N=C\c3cccc(OCc4ccccc4)c3)N(Cc3ccco3)C2=O)cc1. The van der Waals surface area contributed by atoms with E-state index in [0.717, 1.165) is 28.1 Å². The molecule has 5 rings (SSSR count). The fourth-order valence-electron chi connectivity index (χ4n) is 3.87. The Hall–Kier alpha value is -4.56. The zero-order valence-corrected chi connectivity index (χ0v) is 22.5.